The topological polar surface area (TPSA) is 24.9 Å². The Bertz CT molecular complexity index is 479. The van der Waals surface area contributed by atoms with E-state index in [4.69, 9.17) is 11.6 Å². The summed E-state index contributed by atoms with van der Waals surface area (Å²) in [6.45, 7) is 3.95. The summed E-state index contributed by atoms with van der Waals surface area (Å²) in [5.74, 6) is 0. The van der Waals surface area contributed by atoms with E-state index in [0.717, 1.165) is 22.1 Å². The maximum Gasteiger partial charge on any atom is 0.187 e. The van der Waals surface area contributed by atoms with Gasteiger partial charge in [-0.15, -0.1) is 22.9 Å². The fourth-order valence-corrected chi connectivity index (χ4v) is 2.38. The van der Waals surface area contributed by atoms with E-state index in [1.165, 1.54) is 0 Å². The summed E-state index contributed by atoms with van der Waals surface area (Å²) >= 11 is 7.72. The molecule has 1 heterocycles. The second-order valence-electron chi connectivity index (χ2n) is 3.62. The van der Waals surface area contributed by atoms with Crippen LogP contribution in [0.15, 0.2) is 29.6 Å². The molecule has 1 aromatic heterocycles. The highest BCUT2D eigenvalue weighted by Gasteiger charge is 2.08. The molecule has 0 aliphatic carbocycles. The van der Waals surface area contributed by atoms with Crippen LogP contribution in [0.1, 0.15) is 23.6 Å². The number of aryl methyl sites for hydroxylation is 1. The first-order valence-corrected chi connectivity index (χ1v) is 6.40. The minimum atomic E-state index is -0.00948. The first kappa shape index (κ1) is 11.4. The van der Waals surface area contributed by atoms with E-state index in [1.807, 2.05) is 43.5 Å². The van der Waals surface area contributed by atoms with Crippen molar-refractivity contribution < 1.29 is 0 Å². The highest BCUT2D eigenvalue weighted by atomic mass is 35.5. The lowest BCUT2D eigenvalue weighted by Gasteiger charge is -2.11. The number of hydrogen-bond donors (Lipinski definition) is 1. The summed E-state index contributed by atoms with van der Waals surface area (Å²) in [7, 11) is 0. The van der Waals surface area contributed by atoms with Crippen molar-refractivity contribution >= 4 is 33.8 Å². The quantitative estimate of drug-likeness (QED) is 0.814. The average molecular weight is 253 g/mol. The molecule has 0 saturated heterocycles. The fourth-order valence-electron chi connectivity index (χ4n) is 1.48. The third kappa shape index (κ3) is 2.54. The molecule has 0 amide bonds. The number of nitrogens with one attached hydrogen (secondary N) is 1. The fraction of sp³-hybridized carbons (Fsp3) is 0.250. The normalized spacial score (nSPS) is 12.4. The molecule has 0 bridgehead atoms. The molecule has 84 valence electrons. The van der Waals surface area contributed by atoms with Gasteiger partial charge in [0.25, 0.3) is 0 Å². The van der Waals surface area contributed by atoms with Crippen LogP contribution in [0.25, 0.3) is 0 Å². The lowest BCUT2D eigenvalue weighted by Crippen LogP contribution is -1.95. The minimum absolute atomic E-state index is 0.00948. The number of halogens is 1. The van der Waals surface area contributed by atoms with Crippen LogP contribution in [-0.4, -0.2) is 4.98 Å². The van der Waals surface area contributed by atoms with Gasteiger partial charge in [0.15, 0.2) is 5.13 Å². The van der Waals surface area contributed by atoms with Gasteiger partial charge in [-0.05, 0) is 25.5 Å². The lowest BCUT2D eigenvalue weighted by atomic mass is 10.1. The molecular weight excluding hydrogens is 240 g/mol. The van der Waals surface area contributed by atoms with Crippen molar-refractivity contribution in [1.29, 1.82) is 0 Å². The number of nitrogens with zero attached hydrogens (tertiary/aromatic N) is 1. The molecule has 4 heteroatoms. The average Bonchev–Trinajstić information content (AvgIpc) is 2.64. The Morgan fingerprint density at radius 3 is 2.75 bits per heavy atom. The van der Waals surface area contributed by atoms with Gasteiger partial charge >= 0.3 is 0 Å². The first-order chi connectivity index (χ1) is 7.66. The Kier molecular flexibility index (Phi) is 3.46. The number of para-hydroxylation sites is 1. The second kappa shape index (κ2) is 4.85. The van der Waals surface area contributed by atoms with Gasteiger partial charge in [-0.25, -0.2) is 4.98 Å². The Labute approximate surface area is 104 Å². The van der Waals surface area contributed by atoms with Gasteiger partial charge in [-0.1, -0.05) is 18.2 Å². The SMILES string of the molecule is Cc1csc(Nc2ccccc2C(C)Cl)n1. The van der Waals surface area contributed by atoms with E-state index in [0.29, 0.717) is 0 Å². The summed E-state index contributed by atoms with van der Waals surface area (Å²) < 4.78 is 0. The number of alkyl halides is 1. The Balaban J connectivity index is 2.27. The summed E-state index contributed by atoms with van der Waals surface area (Å²) in [5, 5.41) is 6.22. The maximum atomic E-state index is 6.12. The molecule has 0 aliphatic rings. The van der Waals surface area contributed by atoms with Crippen LogP contribution in [0.2, 0.25) is 0 Å². The number of aromatic nitrogens is 1. The van der Waals surface area contributed by atoms with Gasteiger partial charge in [0.05, 0.1) is 11.1 Å². The van der Waals surface area contributed by atoms with E-state index in [1.54, 1.807) is 11.3 Å². The summed E-state index contributed by atoms with van der Waals surface area (Å²) in [5.41, 5.74) is 3.15. The van der Waals surface area contributed by atoms with E-state index >= 15 is 0 Å². The molecular formula is C12H13ClN2S. The smallest absolute Gasteiger partial charge is 0.187 e. The van der Waals surface area contributed by atoms with Crippen LogP contribution in [0, 0.1) is 6.92 Å². The molecule has 2 nitrogen and oxygen atoms in total. The van der Waals surface area contributed by atoms with Crippen molar-refractivity contribution in [3.8, 4) is 0 Å². The number of thiazole rings is 1. The second-order valence-corrected chi connectivity index (χ2v) is 5.14. The molecule has 0 radical (unpaired) electrons. The van der Waals surface area contributed by atoms with Gasteiger partial charge in [-0.2, -0.15) is 0 Å². The largest absolute Gasteiger partial charge is 0.331 e. The molecule has 0 aliphatic heterocycles. The van der Waals surface area contributed by atoms with E-state index in [-0.39, 0.29) is 5.38 Å². The van der Waals surface area contributed by atoms with Crippen molar-refractivity contribution in [2.45, 2.75) is 19.2 Å². The molecule has 1 unspecified atom stereocenters. The minimum Gasteiger partial charge on any atom is -0.331 e. The molecule has 0 spiro atoms. The van der Waals surface area contributed by atoms with Crippen molar-refractivity contribution in [2.24, 2.45) is 0 Å². The molecule has 1 N–H and O–H groups in total. The van der Waals surface area contributed by atoms with Gasteiger partial charge in [-0.3, -0.25) is 0 Å². The van der Waals surface area contributed by atoms with Crippen LogP contribution >= 0.6 is 22.9 Å². The number of hydrogen-bond acceptors (Lipinski definition) is 3. The maximum absolute atomic E-state index is 6.12. The van der Waals surface area contributed by atoms with Crippen LogP contribution in [0.5, 0.6) is 0 Å². The molecule has 16 heavy (non-hydrogen) atoms. The predicted octanol–water partition coefficient (Wildman–Crippen LogP) is 4.49. The zero-order chi connectivity index (χ0) is 11.5. The summed E-state index contributed by atoms with van der Waals surface area (Å²) in [6.07, 6.45) is 0. The van der Waals surface area contributed by atoms with Crippen LogP contribution in [0.4, 0.5) is 10.8 Å². The van der Waals surface area contributed by atoms with Crippen molar-refractivity contribution in [1.82, 2.24) is 4.98 Å². The first-order valence-electron chi connectivity index (χ1n) is 5.09. The predicted molar refractivity (Wildman–Crippen MR) is 70.8 cm³/mol. The third-order valence-corrected chi connectivity index (χ3v) is 3.36. The van der Waals surface area contributed by atoms with E-state index in [2.05, 4.69) is 10.3 Å². The summed E-state index contributed by atoms with van der Waals surface area (Å²) in [4.78, 5) is 4.37. The number of rotatable bonds is 3. The molecule has 0 fully saturated rings. The molecule has 0 saturated carbocycles. The van der Waals surface area contributed by atoms with Gasteiger partial charge in [0, 0.05) is 11.1 Å². The van der Waals surface area contributed by atoms with Crippen molar-refractivity contribution in [3.63, 3.8) is 0 Å². The molecule has 2 rings (SSSR count). The van der Waals surface area contributed by atoms with E-state index < -0.39 is 0 Å². The van der Waals surface area contributed by atoms with Gasteiger partial charge in [0.1, 0.15) is 0 Å². The zero-order valence-electron chi connectivity index (χ0n) is 9.20. The highest BCUT2D eigenvalue weighted by molar-refractivity contribution is 7.13. The van der Waals surface area contributed by atoms with E-state index in [9.17, 15) is 0 Å². The number of anilines is 2. The molecule has 1 atom stereocenters. The van der Waals surface area contributed by atoms with Crippen LogP contribution < -0.4 is 5.32 Å². The van der Waals surface area contributed by atoms with Gasteiger partial charge < -0.3 is 5.32 Å². The van der Waals surface area contributed by atoms with Crippen LogP contribution in [0.3, 0.4) is 0 Å². The monoisotopic (exact) mass is 252 g/mol. The Morgan fingerprint density at radius 1 is 1.38 bits per heavy atom. The molecule has 2 aromatic rings. The molecule has 1 aromatic carbocycles. The summed E-state index contributed by atoms with van der Waals surface area (Å²) in [6, 6.07) is 8.03. The highest BCUT2D eigenvalue weighted by Crippen LogP contribution is 2.30. The Hall–Kier alpha value is -1.06. The Morgan fingerprint density at radius 2 is 2.12 bits per heavy atom. The van der Waals surface area contributed by atoms with Crippen molar-refractivity contribution in [2.75, 3.05) is 5.32 Å². The third-order valence-electron chi connectivity index (χ3n) is 2.25. The van der Waals surface area contributed by atoms with Crippen LogP contribution in [-0.2, 0) is 0 Å². The zero-order valence-corrected chi connectivity index (χ0v) is 10.8. The lowest BCUT2D eigenvalue weighted by molar-refractivity contribution is 1.08. The number of benzene rings is 1. The standard InChI is InChI=1S/C12H13ClN2S/c1-8-7-16-12(14-8)15-11-6-4-3-5-10(11)9(2)13/h3-7,9H,1-2H3,(H,14,15). The van der Waals surface area contributed by atoms with Gasteiger partial charge in [0.2, 0.25) is 0 Å². The van der Waals surface area contributed by atoms with Crippen molar-refractivity contribution in [3.05, 3.63) is 40.9 Å².